The number of nitrogens with zero attached hydrogens (tertiary/aromatic N) is 1. The second kappa shape index (κ2) is 11.5. The van der Waals surface area contributed by atoms with Gasteiger partial charge in [0.15, 0.2) is 6.61 Å². The molecule has 1 fully saturated rings. The van der Waals surface area contributed by atoms with E-state index in [9.17, 15) is 14.0 Å². The SMILES string of the molecule is COc1ccc(CN(C(=O)COc2ccc(F)cc2)[C@H](C)C(=O)NC2CCCCC2)cc1. The van der Waals surface area contributed by atoms with Crippen LogP contribution in [0.1, 0.15) is 44.6 Å². The van der Waals surface area contributed by atoms with Crippen LogP contribution in [0.2, 0.25) is 0 Å². The number of ether oxygens (including phenoxy) is 2. The third kappa shape index (κ3) is 6.70. The van der Waals surface area contributed by atoms with E-state index in [2.05, 4.69) is 5.32 Å². The molecule has 0 aliphatic heterocycles. The van der Waals surface area contributed by atoms with Crippen molar-refractivity contribution in [2.24, 2.45) is 0 Å². The quantitative estimate of drug-likeness (QED) is 0.636. The molecule has 0 heterocycles. The fourth-order valence-electron chi connectivity index (χ4n) is 3.84. The molecule has 1 aliphatic rings. The van der Waals surface area contributed by atoms with Gasteiger partial charge in [0.2, 0.25) is 5.91 Å². The zero-order chi connectivity index (χ0) is 22.9. The summed E-state index contributed by atoms with van der Waals surface area (Å²) in [5.41, 5.74) is 0.873. The Balaban J connectivity index is 1.69. The lowest BCUT2D eigenvalue weighted by molar-refractivity contribution is -0.142. The second-order valence-electron chi connectivity index (χ2n) is 8.13. The summed E-state index contributed by atoms with van der Waals surface area (Å²) in [6.45, 7) is 1.75. The van der Waals surface area contributed by atoms with Gasteiger partial charge in [-0.1, -0.05) is 31.4 Å². The summed E-state index contributed by atoms with van der Waals surface area (Å²) in [6, 6.07) is 12.3. The number of carbonyl (C=O) groups excluding carboxylic acids is 2. The lowest BCUT2D eigenvalue weighted by Gasteiger charge is -2.31. The van der Waals surface area contributed by atoms with Gasteiger partial charge in [-0.2, -0.15) is 0 Å². The lowest BCUT2D eigenvalue weighted by atomic mass is 9.95. The van der Waals surface area contributed by atoms with E-state index in [1.165, 1.54) is 35.6 Å². The number of hydrogen-bond donors (Lipinski definition) is 1. The van der Waals surface area contributed by atoms with Gasteiger partial charge in [0.25, 0.3) is 5.91 Å². The van der Waals surface area contributed by atoms with E-state index in [0.29, 0.717) is 11.5 Å². The Morgan fingerprint density at radius 2 is 1.66 bits per heavy atom. The highest BCUT2D eigenvalue weighted by Gasteiger charge is 2.28. The number of benzene rings is 2. The Labute approximate surface area is 188 Å². The molecular formula is C25H31FN2O4. The van der Waals surface area contributed by atoms with Crippen LogP contribution in [-0.4, -0.2) is 42.5 Å². The van der Waals surface area contributed by atoms with Crippen LogP contribution in [0.15, 0.2) is 48.5 Å². The van der Waals surface area contributed by atoms with Crippen LogP contribution in [0.4, 0.5) is 4.39 Å². The van der Waals surface area contributed by atoms with Crippen molar-refractivity contribution in [3.05, 3.63) is 59.9 Å². The van der Waals surface area contributed by atoms with Gasteiger partial charge in [-0.15, -0.1) is 0 Å². The smallest absolute Gasteiger partial charge is 0.261 e. The normalized spacial score (nSPS) is 15.0. The van der Waals surface area contributed by atoms with Crippen molar-refractivity contribution >= 4 is 11.8 Å². The van der Waals surface area contributed by atoms with E-state index in [0.717, 1.165) is 31.2 Å². The van der Waals surface area contributed by atoms with Gasteiger partial charge in [0.1, 0.15) is 23.4 Å². The van der Waals surface area contributed by atoms with Crippen molar-refractivity contribution in [3.63, 3.8) is 0 Å². The molecule has 2 amide bonds. The molecule has 0 spiro atoms. The zero-order valence-electron chi connectivity index (χ0n) is 18.7. The highest BCUT2D eigenvalue weighted by molar-refractivity contribution is 5.88. The first kappa shape index (κ1) is 23.6. The van der Waals surface area contributed by atoms with Gasteiger partial charge in [-0.25, -0.2) is 4.39 Å². The maximum atomic E-state index is 13.1. The minimum absolute atomic E-state index is 0.159. The van der Waals surface area contributed by atoms with Crippen LogP contribution in [0.5, 0.6) is 11.5 Å². The summed E-state index contributed by atoms with van der Waals surface area (Å²) in [6.07, 6.45) is 5.36. The maximum Gasteiger partial charge on any atom is 0.261 e. The zero-order valence-corrected chi connectivity index (χ0v) is 18.7. The molecule has 32 heavy (non-hydrogen) atoms. The molecule has 6 nitrogen and oxygen atoms in total. The minimum Gasteiger partial charge on any atom is -0.497 e. The van der Waals surface area contributed by atoms with Gasteiger partial charge in [-0.3, -0.25) is 9.59 Å². The Bertz CT molecular complexity index is 880. The Kier molecular flexibility index (Phi) is 8.48. The number of methoxy groups -OCH3 is 1. The van der Waals surface area contributed by atoms with Gasteiger partial charge < -0.3 is 19.7 Å². The number of rotatable bonds is 9. The van der Waals surface area contributed by atoms with Crippen LogP contribution in [0, 0.1) is 5.82 Å². The van der Waals surface area contributed by atoms with Gasteiger partial charge in [0, 0.05) is 12.6 Å². The van der Waals surface area contributed by atoms with Crippen molar-refractivity contribution in [2.45, 2.75) is 57.7 Å². The van der Waals surface area contributed by atoms with Gasteiger partial charge in [-0.05, 0) is 61.7 Å². The number of halogens is 1. The number of hydrogen-bond acceptors (Lipinski definition) is 4. The fourth-order valence-corrected chi connectivity index (χ4v) is 3.84. The lowest BCUT2D eigenvalue weighted by Crippen LogP contribution is -2.51. The van der Waals surface area contributed by atoms with Crippen LogP contribution < -0.4 is 14.8 Å². The molecular weight excluding hydrogens is 411 g/mol. The highest BCUT2D eigenvalue weighted by Crippen LogP contribution is 2.19. The monoisotopic (exact) mass is 442 g/mol. The van der Waals surface area contributed by atoms with Crippen LogP contribution in [0.25, 0.3) is 0 Å². The van der Waals surface area contributed by atoms with Gasteiger partial charge >= 0.3 is 0 Å². The van der Waals surface area contributed by atoms with E-state index in [1.807, 2.05) is 24.3 Å². The van der Waals surface area contributed by atoms with Crippen molar-refractivity contribution in [1.82, 2.24) is 10.2 Å². The molecule has 1 atom stereocenters. The molecule has 0 unspecified atom stereocenters. The highest BCUT2D eigenvalue weighted by atomic mass is 19.1. The van der Waals surface area contributed by atoms with E-state index < -0.39 is 6.04 Å². The van der Waals surface area contributed by atoms with E-state index in [1.54, 1.807) is 14.0 Å². The molecule has 1 aliphatic carbocycles. The Morgan fingerprint density at radius 3 is 2.28 bits per heavy atom. The third-order valence-electron chi connectivity index (χ3n) is 5.81. The number of amides is 2. The Morgan fingerprint density at radius 1 is 1.03 bits per heavy atom. The molecule has 1 saturated carbocycles. The summed E-state index contributed by atoms with van der Waals surface area (Å²) in [7, 11) is 1.59. The number of carbonyl (C=O) groups is 2. The largest absolute Gasteiger partial charge is 0.497 e. The molecule has 3 rings (SSSR count). The first-order chi connectivity index (χ1) is 15.5. The predicted octanol–water partition coefficient (Wildman–Crippen LogP) is 4.08. The van der Waals surface area contributed by atoms with Crippen LogP contribution >= 0.6 is 0 Å². The summed E-state index contributed by atoms with van der Waals surface area (Å²) in [5.74, 6) is 0.243. The molecule has 0 bridgehead atoms. The van der Waals surface area contributed by atoms with E-state index in [4.69, 9.17) is 9.47 Å². The molecule has 7 heteroatoms. The molecule has 172 valence electrons. The molecule has 0 saturated heterocycles. The van der Waals surface area contributed by atoms with Crippen molar-refractivity contribution in [2.75, 3.05) is 13.7 Å². The molecule has 0 aromatic heterocycles. The predicted molar refractivity (Wildman–Crippen MR) is 120 cm³/mol. The first-order valence-electron chi connectivity index (χ1n) is 11.1. The van der Waals surface area contributed by atoms with Crippen molar-refractivity contribution < 1.29 is 23.5 Å². The molecule has 0 radical (unpaired) electrons. The van der Waals surface area contributed by atoms with Gasteiger partial charge in [0.05, 0.1) is 7.11 Å². The topological polar surface area (TPSA) is 67.9 Å². The van der Waals surface area contributed by atoms with Crippen molar-refractivity contribution in [3.8, 4) is 11.5 Å². The summed E-state index contributed by atoms with van der Waals surface area (Å²) in [4.78, 5) is 27.5. The molecule has 2 aromatic carbocycles. The minimum atomic E-state index is -0.664. The number of nitrogens with one attached hydrogen (secondary N) is 1. The average molecular weight is 443 g/mol. The maximum absolute atomic E-state index is 13.1. The summed E-state index contributed by atoms with van der Waals surface area (Å²) >= 11 is 0. The summed E-state index contributed by atoms with van der Waals surface area (Å²) < 4.78 is 23.9. The van der Waals surface area contributed by atoms with Crippen molar-refractivity contribution in [1.29, 1.82) is 0 Å². The molecule has 1 N–H and O–H groups in total. The van der Waals surface area contributed by atoms with E-state index >= 15 is 0 Å². The van der Waals surface area contributed by atoms with E-state index in [-0.39, 0.29) is 36.8 Å². The summed E-state index contributed by atoms with van der Waals surface area (Å²) in [5, 5.41) is 3.10. The molecule has 2 aromatic rings. The second-order valence-corrected chi connectivity index (χ2v) is 8.13. The van der Waals surface area contributed by atoms with Crippen LogP contribution in [0.3, 0.4) is 0 Å². The van der Waals surface area contributed by atoms with Crippen LogP contribution in [-0.2, 0) is 16.1 Å². The standard InChI is InChI=1S/C25H31FN2O4/c1-18(25(30)27-21-6-4-3-5-7-21)28(16-19-8-12-22(31-2)13-9-19)24(29)17-32-23-14-10-20(26)11-15-23/h8-15,18,21H,3-7,16-17H2,1-2H3,(H,27,30)/t18-/m1/s1. The first-order valence-corrected chi connectivity index (χ1v) is 11.1. The average Bonchev–Trinajstić information content (AvgIpc) is 2.82. The Hall–Kier alpha value is -3.09. The third-order valence-corrected chi connectivity index (χ3v) is 5.81. The fraction of sp³-hybridized carbons (Fsp3) is 0.440.